The molecule has 0 aromatic heterocycles. The molecule has 1 rings (SSSR count). The highest BCUT2D eigenvalue weighted by Gasteiger charge is 2.06. The van der Waals surface area contributed by atoms with Crippen molar-refractivity contribution in [3.05, 3.63) is 23.8 Å². The van der Waals surface area contributed by atoms with Crippen LogP contribution < -0.4 is 10.5 Å². The van der Waals surface area contributed by atoms with Gasteiger partial charge in [-0.15, -0.1) is 0 Å². The van der Waals surface area contributed by atoms with Gasteiger partial charge in [-0.2, -0.15) is 8.78 Å². The number of rotatable bonds is 2. The predicted molar refractivity (Wildman–Crippen MR) is 42.2 cm³/mol. The van der Waals surface area contributed by atoms with Gasteiger partial charge in [-0.25, -0.2) is 0 Å². The molecule has 66 valence electrons. The van der Waals surface area contributed by atoms with Crippen molar-refractivity contribution in [3.8, 4) is 5.75 Å². The summed E-state index contributed by atoms with van der Waals surface area (Å²) >= 11 is 0. The summed E-state index contributed by atoms with van der Waals surface area (Å²) in [6.45, 7) is -1.05. The van der Waals surface area contributed by atoms with Crippen molar-refractivity contribution in [2.75, 3.05) is 5.73 Å². The number of nitrogens with two attached hydrogens (primary N) is 1. The summed E-state index contributed by atoms with van der Waals surface area (Å²) in [5.41, 5.74) is 6.44. The van der Waals surface area contributed by atoms with E-state index in [4.69, 9.17) is 5.73 Å². The fraction of sp³-hybridized carbons (Fsp3) is 0.250. The zero-order chi connectivity index (χ0) is 9.14. The van der Waals surface area contributed by atoms with Crippen LogP contribution in [0.1, 0.15) is 5.56 Å². The zero-order valence-electron chi connectivity index (χ0n) is 6.55. The highest BCUT2D eigenvalue weighted by molar-refractivity contribution is 5.53. The lowest BCUT2D eigenvalue weighted by molar-refractivity contribution is -0.0493. The highest BCUT2D eigenvalue weighted by atomic mass is 19.3. The number of halogens is 2. The summed E-state index contributed by atoms with van der Waals surface area (Å²) in [7, 11) is 0. The lowest BCUT2D eigenvalue weighted by Crippen LogP contribution is -2.04. The molecular weight excluding hydrogens is 164 g/mol. The van der Waals surface area contributed by atoms with E-state index in [1.807, 2.05) is 0 Å². The molecule has 4 heteroatoms. The van der Waals surface area contributed by atoms with E-state index in [-0.39, 0.29) is 11.4 Å². The van der Waals surface area contributed by atoms with Gasteiger partial charge in [-0.05, 0) is 24.6 Å². The van der Waals surface area contributed by atoms with E-state index in [0.29, 0.717) is 0 Å². The number of aryl methyl sites for hydroxylation is 1. The van der Waals surface area contributed by atoms with Crippen LogP contribution in [0.5, 0.6) is 5.75 Å². The van der Waals surface area contributed by atoms with Crippen LogP contribution in [0.15, 0.2) is 18.2 Å². The Labute approximate surface area is 68.9 Å². The maximum atomic E-state index is 11.8. The summed E-state index contributed by atoms with van der Waals surface area (Å²) in [6, 6.07) is 4.74. The van der Waals surface area contributed by atoms with Gasteiger partial charge in [0.05, 0.1) is 5.69 Å². The van der Waals surface area contributed by atoms with Gasteiger partial charge in [0, 0.05) is 0 Å². The third kappa shape index (κ3) is 2.08. The van der Waals surface area contributed by atoms with E-state index in [9.17, 15) is 8.78 Å². The van der Waals surface area contributed by atoms with E-state index >= 15 is 0 Å². The highest BCUT2D eigenvalue weighted by Crippen LogP contribution is 2.23. The number of anilines is 1. The number of alkyl halides is 2. The van der Waals surface area contributed by atoms with Crippen LogP contribution >= 0.6 is 0 Å². The number of benzene rings is 1. The van der Waals surface area contributed by atoms with Crippen molar-refractivity contribution >= 4 is 5.69 Å². The predicted octanol–water partition coefficient (Wildman–Crippen LogP) is 2.18. The molecule has 0 aliphatic carbocycles. The maximum absolute atomic E-state index is 11.8. The van der Waals surface area contributed by atoms with Gasteiger partial charge in [0.25, 0.3) is 0 Å². The molecule has 0 unspecified atom stereocenters. The molecule has 1 aromatic rings. The minimum Gasteiger partial charge on any atom is -0.433 e. The molecule has 0 saturated heterocycles. The van der Waals surface area contributed by atoms with Crippen LogP contribution in [0.3, 0.4) is 0 Å². The Morgan fingerprint density at radius 2 is 2.08 bits per heavy atom. The minimum absolute atomic E-state index is 0.0324. The smallest absolute Gasteiger partial charge is 0.387 e. The summed E-state index contributed by atoms with van der Waals surface area (Å²) in [4.78, 5) is 0. The SMILES string of the molecule is Cc1ccc(N)c(OC(F)F)c1. The molecule has 0 amide bonds. The van der Waals surface area contributed by atoms with Crippen molar-refractivity contribution in [3.63, 3.8) is 0 Å². The molecule has 0 radical (unpaired) electrons. The molecule has 0 heterocycles. The summed E-state index contributed by atoms with van der Waals surface area (Å²) in [6.07, 6.45) is 0. The maximum Gasteiger partial charge on any atom is 0.387 e. The first-order valence-corrected chi connectivity index (χ1v) is 3.40. The number of hydrogen-bond acceptors (Lipinski definition) is 2. The fourth-order valence-electron chi connectivity index (χ4n) is 0.840. The van der Waals surface area contributed by atoms with E-state index in [1.54, 1.807) is 13.0 Å². The molecule has 2 nitrogen and oxygen atoms in total. The molecule has 0 fully saturated rings. The van der Waals surface area contributed by atoms with Crippen molar-refractivity contribution in [1.29, 1.82) is 0 Å². The lowest BCUT2D eigenvalue weighted by atomic mass is 10.2. The standard InChI is InChI=1S/C8H9F2NO/c1-5-2-3-6(11)7(4-5)12-8(9)10/h2-4,8H,11H2,1H3. The second-order valence-electron chi connectivity index (χ2n) is 2.42. The average Bonchev–Trinajstić information content (AvgIpc) is 1.96. The summed E-state index contributed by atoms with van der Waals surface area (Å²) in [5.74, 6) is 0.0324. The monoisotopic (exact) mass is 173 g/mol. The van der Waals surface area contributed by atoms with Crippen LogP contribution in [-0.2, 0) is 0 Å². The minimum atomic E-state index is -2.82. The molecule has 0 spiro atoms. The van der Waals surface area contributed by atoms with Crippen molar-refractivity contribution < 1.29 is 13.5 Å². The first-order chi connectivity index (χ1) is 5.59. The topological polar surface area (TPSA) is 35.2 Å². The molecule has 0 saturated carbocycles. The fourth-order valence-corrected chi connectivity index (χ4v) is 0.840. The van der Waals surface area contributed by atoms with Gasteiger partial charge in [-0.1, -0.05) is 6.07 Å². The van der Waals surface area contributed by atoms with Crippen molar-refractivity contribution in [1.82, 2.24) is 0 Å². The number of nitrogen functional groups attached to an aromatic ring is 1. The molecule has 2 N–H and O–H groups in total. The third-order valence-corrected chi connectivity index (χ3v) is 1.39. The molecular formula is C8H9F2NO. The van der Waals surface area contributed by atoms with Gasteiger partial charge in [0.2, 0.25) is 0 Å². The van der Waals surface area contributed by atoms with Crippen molar-refractivity contribution in [2.24, 2.45) is 0 Å². The average molecular weight is 173 g/mol. The Morgan fingerprint density at radius 1 is 1.42 bits per heavy atom. The van der Waals surface area contributed by atoms with Crippen LogP contribution in [-0.4, -0.2) is 6.61 Å². The third-order valence-electron chi connectivity index (χ3n) is 1.39. The molecule has 1 aromatic carbocycles. The normalized spacial score (nSPS) is 10.3. The van der Waals surface area contributed by atoms with E-state index in [2.05, 4.69) is 4.74 Å². The molecule has 0 bridgehead atoms. The Bertz CT molecular complexity index is 276. The largest absolute Gasteiger partial charge is 0.433 e. The molecule has 0 aliphatic rings. The number of ether oxygens (including phenoxy) is 1. The van der Waals surface area contributed by atoms with Gasteiger partial charge in [0.15, 0.2) is 0 Å². The van der Waals surface area contributed by atoms with E-state index in [1.165, 1.54) is 12.1 Å². The second kappa shape index (κ2) is 3.38. The van der Waals surface area contributed by atoms with Gasteiger partial charge < -0.3 is 10.5 Å². The molecule has 0 atom stereocenters. The Hall–Kier alpha value is -1.32. The van der Waals surface area contributed by atoms with Crippen LogP contribution in [0.2, 0.25) is 0 Å². The Balaban J connectivity index is 2.90. The Morgan fingerprint density at radius 3 is 2.67 bits per heavy atom. The van der Waals surface area contributed by atoms with Crippen molar-refractivity contribution in [2.45, 2.75) is 13.5 Å². The van der Waals surface area contributed by atoms with Crippen LogP contribution in [0.25, 0.3) is 0 Å². The Kier molecular flexibility index (Phi) is 2.47. The lowest BCUT2D eigenvalue weighted by Gasteiger charge is -2.07. The zero-order valence-corrected chi connectivity index (χ0v) is 6.55. The van der Waals surface area contributed by atoms with Gasteiger partial charge in [-0.3, -0.25) is 0 Å². The van der Waals surface area contributed by atoms with Gasteiger partial charge in [0.1, 0.15) is 5.75 Å². The number of hydrogen-bond donors (Lipinski definition) is 1. The second-order valence-corrected chi connectivity index (χ2v) is 2.42. The van der Waals surface area contributed by atoms with Crippen LogP contribution in [0.4, 0.5) is 14.5 Å². The first kappa shape index (κ1) is 8.77. The summed E-state index contributed by atoms with van der Waals surface area (Å²) in [5, 5.41) is 0. The quantitative estimate of drug-likeness (QED) is 0.695. The van der Waals surface area contributed by atoms with Crippen LogP contribution in [0, 0.1) is 6.92 Å². The van der Waals surface area contributed by atoms with E-state index in [0.717, 1.165) is 5.56 Å². The molecule has 0 aliphatic heterocycles. The van der Waals surface area contributed by atoms with Gasteiger partial charge >= 0.3 is 6.61 Å². The summed E-state index contributed by atoms with van der Waals surface area (Å²) < 4.78 is 27.7. The van der Waals surface area contributed by atoms with E-state index < -0.39 is 6.61 Å². The molecule has 12 heavy (non-hydrogen) atoms. The first-order valence-electron chi connectivity index (χ1n) is 3.40.